The zero-order valence-corrected chi connectivity index (χ0v) is 12.1. The van der Waals surface area contributed by atoms with Crippen LogP contribution in [0.3, 0.4) is 0 Å². The van der Waals surface area contributed by atoms with Gasteiger partial charge in [0, 0.05) is 31.5 Å². The van der Waals surface area contributed by atoms with Gasteiger partial charge in [-0.2, -0.15) is 0 Å². The van der Waals surface area contributed by atoms with Crippen LogP contribution in [-0.2, 0) is 6.54 Å². The Bertz CT molecular complexity index is 452. The molecule has 110 valence electrons. The third-order valence-corrected chi connectivity index (χ3v) is 3.61. The molecule has 2 amide bonds. The second-order valence-electron chi connectivity index (χ2n) is 5.24. The van der Waals surface area contributed by atoms with Gasteiger partial charge in [-0.25, -0.2) is 9.78 Å². The maximum atomic E-state index is 11.7. The number of allylic oxidation sites excluding steroid dienone is 1. The molecule has 1 aliphatic carbocycles. The number of urea groups is 1. The fourth-order valence-corrected chi connectivity index (χ4v) is 2.40. The molecule has 1 atom stereocenters. The Morgan fingerprint density at radius 1 is 1.50 bits per heavy atom. The predicted molar refractivity (Wildman–Crippen MR) is 79.5 cm³/mol. The SMILES string of the molecule is Cc1nccn1CCCCNC(=O)N[C@@H]1C=CCCC1. The lowest BCUT2D eigenvalue weighted by Crippen LogP contribution is -2.42. The summed E-state index contributed by atoms with van der Waals surface area (Å²) in [7, 11) is 0. The number of carbonyl (C=O) groups excluding carboxylic acids is 1. The van der Waals surface area contributed by atoms with Crippen LogP contribution in [0.1, 0.15) is 37.9 Å². The van der Waals surface area contributed by atoms with E-state index in [0.29, 0.717) is 0 Å². The number of hydrogen-bond donors (Lipinski definition) is 2. The zero-order chi connectivity index (χ0) is 14.2. The van der Waals surface area contributed by atoms with Crippen molar-refractivity contribution in [2.45, 2.75) is 51.6 Å². The summed E-state index contributed by atoms with van der Waals surface area (Å²) in [4.78, 5) is 15.9. The Morgan fingerprint density at radius 2 is 2.40 bits per heavy atom. The Balaban J connectivity index is 1.54. The first-order chi connectivity index (χ1) is 9.75. The minimum absolute atomic E-state index is 0.0552. The molecule has 5 heteroatoms. The van der Waals surface area contributed by atoms with Crippen molar-refractivity contribution in [1.29, 1.82) is 0 Å². The maximum absolute atomic E-state index is 11.7. The molecule has 0 spiro atoms. The van der Waals surface area contributed by atoms with Gasteiger partial charge in [0.25, 0.3) is 0 Å². The average molecular weight is 276 g/mol. The maximum Gasteiger partial charge on any atom is 0.315 e. The summed E-state index contributed by atoms with van der Waals surface area (Å²) >= 11 is 0. The third-order valence-electron chi connectivity index (χ3n) is 3.61. The van der Waals surface area contributed by atoms with E-state index in [2.05, 4.69) is 32.3 Å². The lowest BCUT2D eigenvalue weighted by Gasteiger charge is -2.18. The van der Waals surface area contributed by atoms with Crippen molar-refractivity contribution in [3.8, 4) is 0 Å². The fourth-order valence-electron chi connectivity index (χ4n) is 2.40. The van der Waals surface area contributed by atoms with E-state index in [1.807, 2.05) is 19.3 Å². The summed E-state index contributed by atoms with van der Waals surface area (Å²) in [5.41, 5.74) is 0. The first-order valence-electron chi connectivity index (χ1n) is 7.44. The predicted octanol–water partition coefficient (Wildman–Crippen LogP) is 2.38. The van der Waals surface area contributed by atoms with Gasteiger partial charge in [-0.3, -0.25) is 0 Å². The van der Waals surface area contributed by atoms with Gasteiger partial charge < -0.3 is 15.2 Å². The normalized spacial score (nSPS) is 17.9. The third kappa shape index (κ3) is 4.72. The average Bonchev–Trinajstić information content (AvgIpc) is 2.85. The molecule has 1 aliphatic rings. The van der Waals surface area contributed by atoms with E-state index in [1.54, 1.807) is 0 Å². The van der Waals surface area contributed by atoms with Crippen molar-refractivity contribution in [1.82, 2.24) is 20.2 Å². The lowest BCUT2D eigenvalue weighted by molar-refractivity contribution is 0.237. The highest BCUT2D eigenvalue weighted by Crippen LogP contribution is 2.09. The Labute approximate surface area is 120 Å². The molecule has 0 aromatic carbocycles. The van der Waals surface area contributed by atoms with E-state index in [1.165, 1.54) is 0 Å². The summed E-state index contributed by atoms with van der Waals surface area (Å²) in [5.74, 6) is 1.04. The number of rotatable bonds is 6. The molecule has 0 aliphatic heterocycles. The van der Waals surface area contributed by atoms with Gasteiger partial charge in [0.1, 0.15) is 5.82 Å². The molecule has 1 heterocycles. The molecule has 2 rings (SSSR count). The summed E-state index contributed by atoms with van der Waals surface area (Å²) in [5, 5.41) is 5.90. The highest BCUT2D eigenvalue weighted by atomic mass is 16.2. The Morgan fingerprint density at radius 3 is 3.10 bits per heavy atom. The standard InChI is InChI=1S/C15H24N4O/c1-13-16-10-12-19(13)11-6-5-9-17-15(20)18-14-7-3-2-4-8-14/h3,7,10,12,14H,2,4-6,8-9,11H2,1H3,(H2,17,18,20)/t14-/m1/s1. The van der Waals surface area contributed by atoms with Crippen molar-refractivity contribution in [3.63, 3.8) is 0 Å². The molecule has 0 radical (unpaired) electrons. The molecular formula is C15H24N4O. The molecule has 0 bridgehead atoms. The summed E-state index contributed by atoms with van der Waals surface area (Å²) in [6, 6.07) is 0.151. The minimum Gasteiger partial charge on any atom is -0.338 e. The van der Waals surface area contributed by atoms with Crippen LogP contribution in [0.15, 0.2) is 24.5 Å². The largest absolute Gasteiger partial charge is 0.338 e. The number of aromatic nitrogens is 2. The quantitative estimate of drug-likeness (QED) is 0.619. The van der Waals surface area contributed by atoms with Crippen LogP contribution in [0.25, 0.3) is 0 Å². The van der Waals surface area contributed by atoms with Gasteiger partial charge in [0.05, 0.1) is 0 Å². The van der Waals surface area contributed by atoms with Gasteiger partial charge >= 0.3 is 6.03 Å². The molecule has 0 saturated carbocycles. The van der Waals surface area contributed by atoms with E-state index in [4.69, 9.17) is 0 Å². The van der Waals surface area contributed by atoms with Crippen LogP contribution in [0.2, 0.25) is 0 Å². The van der Waals surface area contributed by atoms with Crippen LogP contribution in [0.4, 0.5) is 4.79 Å². The molecule has 20 heavy (non-hydrogen) atoms. The van der Waals surface area contributed by atoms with Gasteiger partial charge in [0.15, 0.2) is 0 Å². The molecule has 1 aromatic rings. The number of nitrogens with one attached hydrogen (secondary N) is 2. The Hall–Kier alpha value is -1.78. The first kappa shape index (κ1) is 14.6. The summed E-state index contributed by atoms with van der Waals surface area (Å²) < 4.78 is 2.13. The van der Waals surface area contributed by atoms with Crippen LogP contribution in [-0.4, -0.2) is 28.2 Å². The molecule has 0 unspecified atom stereocenters. The first-order valence-corrected chi connectivity index (χ1v) is 7.44. The van der Waals surface area contributed by atoms with Crippen LogP contribution < -0.4 is 10.6 Å². The fraction of sp³-hybridized carbons (Fsp3) is 0.600. The van der Waals surface area contributed by atoms with Crippen molar-refractivity contribution in [2.24, 2.45) is 0 Å². The number of aryl methyl sites for hydroxylation is 2. The minimum atomic E-state index is -0.0552. The second kappa shape index (κ2) is 7.72. The molecule has 0 saturated heterocycles. The number of nitrogens with zero attached hydrogens (tertiary/aromatic N) is 2. The lowest BCUT2D eigenvalue weighted by atomic mass is 10.0. The van der Waals surface area contributed by atoms with Crippen molar-refractivity contribution < 1.29 is 4.79 Å². The highest BCUT2D eigenvalue weighted by molar-refractivity contribution is 5.74. The Kier molecular flexibility index (Phi) is 5.65. The zero-order valence-electron chi connectivity index (χ0n) is 12.1. The van der Waals surface area contributed by atoms with Crippen molar-refractivity contribution >= 4 is 6.03 Å². The summed E-state index contributed by atoms with van der Waals surface area (Å²) in [6.45, 7) is 3.68. The number of carbonyl (C=O) groups is 1. The molecule has 5 nitrogen and oxygen atoms in total. The monoisotopic (exact) mass is 276 g/mol. The van der Waals surface area contributed by atoms with Crippen LogP contribution in [0, 0.1) is 6.92 Å². The van der Waals surface area contributed by atoms with Crippen LogP contribution >= 0.6 is 0 Å². The van der Waals surface area contributed by atoms with Gasteiger partial charge in [-0.1, -0.05) is 12.2 Å². The van der Waals surface area contributed by atoms with Gasteiger partial charge in [-0.15, -0.1) is 0 Å². The summed E-state index contributed by atoms with van der Waals surface area (Å²) in [6.07, 6.45) is 13.4. The van der Waals surface area contributed by atoms with E-state index >= 15 is 0 Å². The highest BCUT2D eigenvalue weighted by Gasteiger charge is 2.10. The second-order valence-corrected chi connectivity index (χ2v) is 5.24. The smallest absolute Gasteiger partial charge is 0.315 e. The number of imidazole rings is 1. The van der Waals surface area contributed by atoms with Gasteiger partial charge in [0.2, 0.25) is 0 Å². The molecule has 1 aromatic heterocycles. The van der Waals surface area contributed by atoms with Crippen LogP contribution in [0.5, 0.6) is 0 Å². The molecule has 0 fully saturated rings. The van der Waals surface area contributed by atoms with Gasteiger partial charge in [-0.05, 0) is 39.0 Å². The molecular weight excluding hydrogens is 252 g/mol. The number of amides is 2. The van der Waals surface area contributed by atoms with Crippen molar-refractivity contribution in [3.05, 3.63) is 30.4 Å². The van der Waals surface area contributed by atoms with E-state index < -0.39 is 0 Å². The number of hydrogen-bond acceptors (Lipinski definition) is 2. The van der Waals surface area contributed by atoms with Crippen molar-refractivity contribution in [2.75, 3.05) is 6.54 Å². The van der Waals surface area contributed by atoms with E-state index in [0.717, 1.165) is 51.0 Å². The molecule has 2 N–H and O–H groups in total. The van der Waals surface area contributed by atoms with E-state index in [9.17, 15) is 4.79 Å². The van der Waals surface area contributed by atoms with E-state index in [-0.39, 0.29) is 12.1 Å². The number of unbranched alkanes of at least 4 members (excludes halogenated alkanes) is 1. The topological polar surface area (TPSA) is 59.0 Å².